The molecule has 0 aliphatic heterocycles. The standard InChI is InChI=1S/C19H27ClN2O3S/c1-26(24,25)22(18-10-5-9-17(20)15-18)14-6-11-19(23)21-13-12-16-7-3-2-4-8-16/h5,7,9-10,15H,2-4,6,8,11-14H2,1H3,(H,21,23). The summed E-state index contributed by atoms with van der Waals surface area (Å²) in [5, 5.41) is 3.40. The van der Waals surface area contributed by atoms with Gasteiger partial charge < -0.3 is 5.32 Å². The van der Waals surface area contributed by atoms with E-state index in [1.54, 1.807) is 24.3 Å². The summed E-state index contributed by atoms with van der Waals surface area (Å²) in [6, 6.07) is 6.72. The van der Waals surface area contributed by atoms with Crippen LogP contribution in [0.1, 0.15) is 44.9 Å². The maximum Gasteiger partial charge on any atom is 0.232 e. The van der Waals surface area contributed by atoms with Gasteiger partial charge in [-0.3, -0.25) is 9.10 Å². The first kappa shape index (κ1) is 20.8. The van der Waals surface area contributed by atoms with Crippen LogP contribution in [0.25, 0.3) is 0 Å². The molecule has 2 rings (SSSR count). The van der Waals surface area contributed by atoms with Gasteiger partial charge in [-0.05, 0) is 56.7 Å². The molecule has 0 saturated heterocycles. The van der Waals surface area contributed by atoms with Crippen LogP contribution in [-0.4, -0.2) is 33.7 Å². The highest BCUT2D eigenvalue weighted by atomic mass is 35.5. The number of anilines is 1. The highest BCUT2D eigenvalue weighted by molar-refractivity contribution is 7.92. The van der Waals surface area contributed by atoms with Gasteiger partial charge in [-0.15, -0.1) is 0 Å². The Kier molecular flexibility index (Phi) is 7.97. The third-order valence-electron chi connectivity index (χ3n) is 4.41. The van der Waals surface area contributed by atoms with Gasteiger partial charge in [-0.2, -0.15) is 0 Å². The summed E-state index contributed by atoms with van der Waals surface area (Å²) >= 11 is 5.95. The van der Waals surface area contributed by atoms with Gasteiger partial charge in [-0.1, -0.05) is 29.3 Å². The molecule has 7 heteroatoms. The number of amides is 1. The second kappa shape index (κ2) is 9.97. The fraction of sp³-hybridized carbons (Fsp3) is 0.526. The van der Waals surface area contributed by atoms with Gasteiger partial charge in [0.2, 0.25) is 15.9 Å². The first-order valence-corrected chi connectivity index (χ1v) is 11.3. The number of hydrogen-bond donors (Lipinski definition) is 1. The summed E-state index contributed by atoms with van der Waals surface area (Å²) in [5.41, 5.74) is 1.95. The van der Waals surface area contributed by atoms with Crippen molar-refractivity contribution < 1.29 is 13.2 Å². The van der Waals surface area contributed by atoms with E-state index in [1.165, 1.54) is 22.7 Å². The molecule has 0 fully saturated rings. The Bertz CT molecular complexity index is 747. The van der Waals surface area contributed by atoms with Gasteiger partial charge in [0.05, 0.1) is 11.9 Å². The largest absolute Gasteiger partial charge is 0.356 e. The lowest BCUT2D eigenvalue weighted by Crippen LogP contribution is -2.32. The van der Waals surface area contributed by atoms with Crippen molar-refractivity contribution in [2.24, 2.45) is 0 Å². The van der Waals surface area contributed by atoms with E-state index in [2.05, 4.69) is 11.4 Å². The Hall–Kier alpha value is -1.53. The minimum atomic E-state index is -3.43. The average Bonchev–Trinajstić information content (AvgIpc) is 2.58. The number of carbonyl (C=O) groups excluding carboxylic acids is 1. The third kappa shape index (κ3) is 7.00. The molecule has 0 saturated carbocycles. The van der Waals surface area contributed by atoms with E-state index in [4.69, 9.17) is 11.6 Å². The van der Waals surface area contributed by atoms with E-state index < -0.39 is 10.0 Å². The van der Waals surface area contributed by atoms with Crippen molar-refractivity contribution in [3.63, 3.8) is 0 Å². The predicted molar refractivity (Wildman–Crippen MR) is 107 cm³/mol. The van der Waals surface area contributed by atoms with Crippen molar-refractivity contribution >= 4 is 33.2 Å². The molecule has 0 atom stereocenters. The number of rotatable bonds is 9. The molecule has 0 radical (unpaired) electrons. The van der Waals surface area contributed by atoms with Gasteiger partial charge in [0.1, 0.15) is 0 Å². The van der Waals surface area contributed by atoms with Gasteiger partial charge >= 0.3 is 0 Å². The van der Waals surface area contributed by atoms with E-state index in [9.17, 15) is 13.2 Å². The second-order valence-electron chi connectivity index (χ2n) is 6.63. The van der Waals surface area contributed by atoms with E-state index in [0.717, 1.165) is 25.5 Å². The van der Waals surface area contributed by atoms with E-state index in [-0.39, 0.29) is 12.5 Å². The van der Waals surface area contributed by atoms with Crippen LogP contribution in [0.5, 0.6) is 0 Å². The molecule has 1 aromatic rings. The van der Waals surface area contributed by atoms with Crippen LogP contribution < -0.4 is 9.62 Å². The molecule has 26 heavy (non-hydrogen) atoms. The molecule has 144 valence electrons. The fourth-order valence-corrected chi connectivity index (χ4v) is 4.23. The Balaban J connectivity index is 1.78. The van der Waals surface area contributed by atoms with Crippen molar-refractivity contribution in [2.45, 2.75) is 44.9 Å². The van der Waals surface area contributed by atoms with Crippen molar-refractivity contribution in [3.8, 4) is 0 Å². The minimum Gasteiger partial charge on any atom is -0.356 e. The summed E-state index contributed by atoms with van der Waals surface area (Å²) < 4.78 is 25.4. The average molecular weight is 399 g/mol. The maximum absolute atomic E-state index is 12.0. The molecule has 1 aliphatic carbocycles. The molecule has 5 nitrogen and oxygen atoms in total. The van der Waals surface area contributed by atoms with E-state index in [1.807, 2.05) is 0 Å². The lowest BCUT2D eigenvalue weighted by atomic mass is 9.97. The van der Waals surface area contributed by atoms with E-state index in [0.29, 0.717) is 30.1 Å². The molecule has 1 aliphatic rings. The number of nitrogens with zero attached hydrogens (tertiary/aromatic N) is 1. The van der Waals surface area contributed by atoms with Gasteiger partial charge in [0.25, 0.3) is 0 Å². The molecule has 1 amide bonds. The number of carbonyl (C=O) groups is 1. The molecule has 0 bridgehead atoms. The molecule has 1 N–H and O–H groups in total. The summed E-state index contributed by atoms with van der Waals surface area (Å²) in [6.07, 6.45) is 9.89. The summed E-state index contributed by atoms with van der Waals surface area (Å²) in [4.78, 5) is 12.0. The van der Waals surface area contributed by atoms with E-state index >= 15 is 0 Å². The van der Waals surface area contributed by atoms with Crippen molar-refractivity contribution in [1.82, 2.24) is 5.32 Å². The predicted octanol–water partition coefficient (Wildman–Crippen LogP) is 3.89. The Morgan fingerprint density at radius 3 is 2.77 bits per heavy atom. The monoisotopic (exact) mass is 398 g/mol. The molecule has 0 spiro atoms. The normalized spacial score (nSPS) is 14.6. The third-order valence-corrected chi connectivity index (χ3v) is 5.84. The number of benzene rings is 1. The van der Waals surface area contributed by atoms with Gasteiger partial charge in [-0.25, -0.2) is 8.42 Å². The quantitative estimate of drug-likeness (QED) is 0.641. The number of halogens is 1. The zero-order chi connectivity index (χ0) is 19.0. The van der Waals surface area contributed by atoms with Crippen LogP contribution in [0.3, 0.4) is 0 Å². The Morgan fingerprint density at radius 1 is 1.31 bits per heavy atom. The zero-order valence-corrected chi connectivity index (χ0v) is 16.8. The lowest BCUT2D eigenvalue weighted by Gasteiger charge is -2.22. The molecular weight excluding hydrogens is 372 g/mol. The van der Waals surface area contributed by atoms with Crippen LogP contribution in [0.4, 0.5) is 5.69 Å². The van der Waals surface area contributed by atoms with Crippen molar-refractivity contribution in [1.29, 1.82) is 0 Å². The zero-order valence-electron chi connectivity index (χ0n) is 15.2. The maximum atomic E-state index is 12.0. The molecule has 1 aromatic carbocycles. The highest BCUT2D eigenvalue weighted by Gasteiger charge is 2.17. The minimum absolute atomic E-state index is 0.0408. The number of hydrogen-bond acceptors (Lipinski definition) is 3. The number of sulfonamides is 1. The van der Waals surface area contributed by atoms with Crippen LogP contribution in [-0.2, 0) is 14.8 Å². The van der Waals surface area contributed by atoms with Crippen LogP contribution in [0, 0.1) is 0 Å². The van der Waals surface area contributed by atoms with Crippen LogP contribution >= 0.6 is 11.6 Å². The first-order valence-electron chi connectivity index (χ1n) is 9.04. The summed E-state index contributed by atoms with van der Waals surface area (Å²) in [5.74, 6) is -0.0408. The molecule has 0 unspecified atom stereocenters. The highest BCUT2D eigenvalue weighted by Crippen LogP contribution is 2.22. The number of allylic oxidation sites excluding steroid dienone is 1. The van der Waals surface area contributed by atoms with Gasteiger partial charge in [0, 0.05) is 24.5 Å². The molecule has 0 aromatic heterocycles. The first-order chi connectivity index (χ1) is 12.4. The molecule has 0 heterocycles. The Morgan fingerprint density at radius 2 is 2.12 bits per heavy atom. The number of nitrogens with one attached hydrogen (secondary N) is 1. The second-order valence-corrected chi connectivity index (χ2v) is 8.97. The molecular formula is C19H27ClN2O3S. The summed E-state index contributed by atoms with van der Waals surface area (Å²) in [7, 11) is -3.43. The topological polar surface area (TPSA) is 66.5 Å². The smallest absolute Gasteiger partial charge is 0.232 e. The lowest BCUT2D eigenvalue weighted by molar-refractivity contribution is -0.121. The van der Waals surface area contributed by atoms with Crippen LogP contribution in [0.15, 0.2) is 35.9 Å². The summed E-state index contributed by atoms with van der Waals surface area (Å²) in [6.45, 7) is 0.895. The SMILES string of the molecule is CS(=O)(=O)N(CCCC(=O)NCCC1=CCCCC1)c1cccc(Cl)c1. The van der Waals surface area contributed by atoms with Crippen molar-refractivity contribution in [3.05, 3.63) is 40.9 Å². The Labute approximate surface area is 161 Å². The van der Waals surface area contributed by atoms with Crippen molar-refractivity contribution in [2.75, 3.05) is 23.7 Å². The van der Waals surface area contributed by atoms with Gasteiger partial charge in [0.15, 0.2) is 0 Å². The fourth-order valence-electron chi connectivity index (χ4n) is 3.08. The van der Waals surface area contributed by atoms with Crippen LogP contribution in [0.2, 0.25) is 5.02 Å².